The first-order chi connectivity index (χ1) is 15.5. The minimum absolute atomic E-state index is 0.0201. The quantitative estimate of drug-likeness (QED) is 0.153. The maximum atomic E-state index is 6.90. The Morgan fingerprint density at radius 2 is 0.812 bits per heavy atom. The minimum atomic E-state index is 0.0201. The van der Waals surface area contributed by atoms with Gasteiger partial charge in [0.1, 0.15) is 0 Å². The number of hydrogen-bond acceptors (Lipinski definition) is 4. The lowest BCUT2D eigenvalue weighted by Gasteiger charge is -2.30. The fourth-order valence-electron chi connectivity index (χ4n) is 5.10. The highest BCUT2D eigenvalue weighted by Gasteiger charge is 2.23. The summed E-state index contributed by atoms with van der Waals surface area (Å²) in [6, 6.07) is 0. The topological polar surface area (TPSA) is 58.5 Å². The van der Waals surface area contributed by atoms with Crippen molar-refractivity contribution in [3.63, 3.8) is 0 Å². The Hall–Kier alpha value is -0.160. The molecule has 4 heteroatoms. The lowest BCUT2D eigenvalue weighted by atomic mass is 9.83. The number of unbranched alkanes of at least 4 members (excludes halogenated alkanes) is 6. The molecule has 0 radical (unpaired) electrons. The number of rotatable bonds is 25. The van der Waals surface area contributed by atoms with Crippen LogP contribution in [0.4, 0.5) is 0 Å². The second-order valence-corrected chi connectivity index (χ2v) is 10.3. The highest BCUT2D eigenvalue weighted by Crippen LogP contribution is 2.25. The van der Waals surface area contributed by atoms with E-state index in [2.05, 4.69) is 37.5 Å². The summed E-state index contributed by atoms with van der Waals surface area (Å²) >= 11 is 0. The molecule has 194 valence electrons. The molecule has 0 aromatic carbocycles. The molecule has 0 spiro atoms. The van der Waals surface area contributed by atoms with Crippen LogP contribution < -0.4 is 11.5 Å². The zero-order chi connectivity index (χ0) is 23.9. The molecule has 0 fully saturated rings. The van der Waals surface area contributed by atoms with Crippen LogP contribution >= 0.6 is 0 Å². The van der Waals surface area contributed by atoms with Gasteiger partial charge in [-0.3, -0.25) is 0 Å². The van der Waals surface area contributed by atoms with Gasteiger partial charge in [0, 0.05) is 5.54 Å². The Kier molecular flexibility index (Phi) is 22.5. The molecule has 0 bridgehead atoms. The molecule has 0 unspecified atom stereocenters. The normalized spacial score (nSPS) is 12.4. The molecule has 4 N–H and O–H groups in total. The molecule has 0 aromatic rings. The molecule has 0 saturated carbocycles. The van der Waals surface area contributed by atoms with Crippen LogP contribution in [-0.4, -0.2) is 61.2 Å². The molecule has 0 aliphatic carbocycles. The lowest BCUT2D eigenvalue weighted by Crippen LogP contribution is -2.40. The largest absolute Gasteiger partial charge is 0.330 e. The lowest BCUT2D eigenvalue weighted by molar-refractivity contribution is 0.262. The Balaban J connectivity index is 4.08. The van der Waals surface area contributed by atoms with Gasteiger partial charge in [-0.05, 0) is 110 Å². The van der Waals surface area contributed by atoms with Crippen LogP contribution in [0.25, 0.3) is 0 Å². The molecule has 4 nitrogen and oxygen atoms in total. The molecule has 0 saturated heterocycles. The number of hydrogen-bond donors (Lipinski definition) is 2. The third-order valence-electron chi connectivity index (χ3n) is 6.84. The van der Waals surface area contributed by atoms with E-state index in [4.69, 9.17) is 11.5 Å². The third-order valence-corrected chi connectivity index (χ3v) is 6.84. The van der Waals surface area contributed by atoms with Crippen molar-refractivity contribution in [1.82, 2.24) is 9.80 Å². The third kappa shape index (κ3) is 18.3. The molecular formula is C28H62N4. The molecule has 0 aliphatic rings. The van der Waals surface area contributed by atoms with E-state index < -0.39 is 0 Å². The van der Waals surface area contributed by atoms with Gasteiger partial charge in [-0.1, -0.05) is 66.2 Å². The summed E-state index contributed by atoms with van der Waals surface area (Å²) in [7, 11) is 0. The maximum Gasteiger partial charge on any atom is 0.0154 e. The predicted molar refractivity (Wildman–Crippen MR) is 145 cm³/mol. The Labute approximate surface area is 203 Å². The number of nitrogens with two attached hydrogens (primary N) is 2. The second kappa shape index (κ2) is 22.6. The van der Waals surface area contributed by atoms with Crippen LogP contribution in [0.2, 0.25) is 0 Å². The minimum Gasteiger partial charge on any atom is -0.330 e. The van der Waals surface area contributed by atoms with Gasteiger partial charge < -0.3 is 21.3 Å². The highest BCUT2D eigenvalue weighted by molar-refractivity contribution is 4.84. The molecule has 0 atom stereocenters. The summed E-state index contributed by atoms with van der Waals surface area (Å²) in [4.78, 5) is 5.27. The van der Waals surface area contributed by atoms with Gasteiger partial charge in [0.05, 0.1) is 0 Å². The van der Waals surface area contributed by atoms with Crippen molar-refractivity contribution in [2.24, 2.45) is 11.5 Å². The summed E-state index contributed by atoms with van der Waals surface area (Å²) in [5, 5.41) is 0. The van der Waals surface area contributed by atoms with Crippen LogP contribution in [-0.2, 0) is 0 Å². The summed E-state index contributed by atoms with van der Waals surface area (Å²) < 4.78 is 0. The molecule has 0 rings (SSSR count). The summed E-state index contributed by atoms with van der Waals surface area (Å²) in [5.74, 6) is 0. The smallest absolute Gasteiger partial charge is 0.0154 e. The Morgan fingerprint density at radius 3 is 1.16 bits per heavy atom. The van der Waals surface area contributed by atoms with Crippen molar-refractivity contribution < 1.29 is 0 Å². The van der Waals surface area contributed by atoms with Crippen LogP contribution in [0.15, 0.2) is 0 Å². The molecular weight excluding hydrogens is 392 g/mol. The van der Waals surface area contributed by atoms with Crippen LogP contribution in [0.1, 0.15) is 130 Å². The van der Waals surface area contributed by atoms with E-state index in [0.717, 1.165) is 19.4 Å². The van der Waals surface area contributed by atoms with Crippen LogP contribution in [0.5, 0.6) is 0 Å². The zero-order valence-electron chi connectivity index (χ0n) is 22.8. The second-order valence-electron chi connectivity index (χ2n) is 10.3. The monoisotopic (exact) mass is 454 g/mol. The molecule has 0 amide bonds. The van der Waals surface area contributed by atoms with Gasteiger partial charge in [0.2, 0.25) is 0 Å². The van der Waals surface area contributed by atoms with Crippen LogP contribution in [0, 0.1) is 0 Å². The van der Waals surface area contributed by atoms with E-state index in [1.165, 1.54) is 129 Å². The van der Waals surface area contributed by atoms with Gasteiger partial charge in [-0.25, -0.2) is 0 Å². The van der Waals surface area contributed by atoms with E-state index in [1.54, 1.807) is 0 Å². The molecule has 0 heterocycles. The first-order valence-corrected chi connectivity index (χ1v) is 14.5. The molecule has 0 aliphatic heterocycles. The van der Waals surface area contributed by atoms with E-state index in [-0.39, 0.29) is 5.54 Å². The fourth-order valence-corrected chi connectivity index (χ4v) is 5.10. The van der Waals surface area contributed by atoms with Crippen molar-refractivity contribution in [3.8, 4) is 0 Å². The van der Waals surface area contributed by atoms with Gasteiger partial charge in [0.15, 0.2) is 0 Å². The van der Waals surface area contributed by atoms with Gasteiger partial charge in [0.25, 0.3) is 0 Å². The van der Waals surface area contributed by atoms with Gasteiger partial charge in [-0.2, -0.15) is 0 Å². The van der Waals surface area contributed by atoms with Gasteiger partial charge >= 0.3 is 0 Å². The average molecular weight is 455 g/mol. The summed E-state index contributed by atoms with van der Waals surface area (Å²) in [6.45, 7) is 17.5. The Bertz CT molecular complexity index is 334. The zero-order valence-corrected chi connectivity index (χ0v) is 22.8. The summed E-state index contributed by atoms with van der Waals surface area (Å²) in [5.41, 5.74) is 12.7. The van der Waals surface area contributed by atoms with E-state index >= 15 is 0 Å². The predicted octanol–water partition coefficient (Wildman–Crippen LogP) is 6.57. The van der Waals surface area contributed by atoms with Crippen molar-refractivity contribution in [2.75, 3.05) is 45.8 Å². The van der Waals surface area contributed by atoms with Crippen molar-refractivity contribution in [2.45, 2.75) is 136 Å². The SMILES string of the molecule is CCCN(CCC)CCCCCCC(N)(CCCN)CCCCCCN(CCC)CCC. The average Bonchev–Trinajstić information content (AvgIpc) is 2.77. The Morgan fingerprint density at radius 1 is 0.469 bits per heavy atom. The van der Waals surface area contributed by atoms with Gasteiger partial charge in [-0.15, -0.1) is 0 Å². The van der Waals surface area contributed by atoms with Crippen molar-refractivity contribution >= 4 is 0 Å². The van der Waals surface area contributed by atoms with Crippen molar-refractivity contribution in [1.29, 1.82) is 0 Å². The maximum absolute atomic E-state index is 6.90. The first-order valence-electron chi connectivity index (χ1n) is 14.5. The van der Waals surface area contributed by atoms with E-state index in [1.807, 2.05) is 0 Å². The fraction of sp³-hybridized carbons (Fsp3) is 1.00. The van der Waals surface area contributed by atoms with Crippen LogP contribution in [0.3, 0.4) is 0 Å². The molecule has 32 heavy (non-hydrogen) atoms. The first kappa shape index (κ1) is 31.8. The number of nitrogens with zero attached hydrogens (tertiary/aromatic N) is 2. The summed E-state index contributed by atoms with van der Waals surface area (Å²) in [6.07, 6.45) is 20.2. The van der Waals surface area contributed by atoms with E-state index in [9.17, 15) is 0 Å². The van der Waals surface area contributed by atoms with E-state index in [0.29, 0.717) is 0 Å². The van der Waals surface area contributed by atoms with Crippen molar-refractivity contribution in [3.05, 3.63) is 0 Å². The molecule has 0 aromatic heterocycles. The highest BCUT2D eigenvalue weighted by atomic mass is 15.1. The standard InChI is InChI=1S/C28H62N4/c1-5-22-31(23-6-2)26-15-11-9-13-18-28(30,20-17-21-29)19-14-10-12-16-27-32(24-7-3)25-8-4/h5-27,29-30H2,1-4H3.